The van der Waals surface area contributed by atoms with E-state index in [2.05, 4.69) is 20.6 Å². The summed E-state index contributed by atoms with van der Waals surface area (Å²) in [6.07, 6.45) is 1.32. The number of pyridine rings is 1. The Morgan fingerprint density at radius 1 is 1.04 bits per heavy atom. The molecule has 11 nitrogen and oxygen atoms in total. The van der Waals surface area contributed by atoms with Gasteiger partial charge < -0.3 is 15.3 Å². The zero-order chi connectivity index (χ0) is 33.7. The van der Waals surface area contributed by atoms with Crippen molar-refractivity contribution < 1.29 is 23.5 Å². The molecule has 0 aliphatic carbocycles. The summed E-state index contributed by atoms with van der Waals surface area (Å²) in [4.78, 5) is 51.8. The van der Waals surface area contributed by atoms with Crippen molar-refractivity contribution in [3.63, 3.8) is 0 Å². The van der Waals surface area contributed by atoms with Gasteiger partial charge in [-0.25, -0.2) is 23.9 Å². The van der Waals surface area contributed by atoms with Gasteiger partial charge in [-0.3, -0.25) is 23.8 Å². The highest BCUT2D eigenvalue weighted by molar-refractivity contribution is 7.22. The molecule has 5 aromatic rings. The summed E-state index contributed by atoms with van der Waals surface area (Å²) < 4.78 is 31.8. The summed E-state index contributed by atoms with van der Waals surface area (Å²) in [6, 6.07) is 15.4. The van der Waals surface area contributed by atoms with Crippen LogP contribution in [0.15, 0.2) is 76.4 Å². The molecular formula is C33H34F2N6O5S. The number of aliphatic hydroxyl groups excluding tert-OH is 1. The van der Waals surface area contributed by atoms with E-state index >= 15 is 0 Å². The fraction of sp³-hybridized carbons (Fsp3) is 0.273. The van der Waals surface area contributed by atoms with Crippen LogP contribution in [0.3, 0.4) is 0 Å². The van der Waals surface area contributed by atoms with E-state index in [1.165, 1.54) is 24.7 Å². The van der Waals surface area contributed by atoms with E-state index < -0.39 is 41.6 Å². The molecule has 0 radical (unpaired) electrons. The van der Waals surface area contributed by atoms with Crippen LogP contribution in [-0.2, 0) is 30.9 Å². The van der Waals surface area contributed by atoms with Crippen LogP contribution in [0.25, 0.3) is 20.7 Å². The van der Waals surface area contributed by atoms with Crippen molar-refractivity contribution in [2.24, 2.45) is 0 Å². The number of halogens is 2. The number of thiophene rings is 1. The molecule has 1 unspecified atom stereocenters. The zero-order valence-corrected chi connectivity index (χ0v) is 26.8. The summed E-state index contributed by atoms with van der Waals surface area (Å²) >= 11 is 1.16. The van der Waals surface area contributed by atoms with Crippen LogP contribution in [0.4, 0.5) is 19.3 Å². The molecule has 0 bridgehead atoms. The van der Waals surface area contributed by atoms with E-state index in [-0.39, 0.29) is 28.9 Å². The van der Waals surface area contributed by atoms with Crippen LogP contribution < -0.4 is 22.0 Å². The van der Waals surface area contributed by atoms with Gasteiger partial charge in [-0.05, 0) is 61.5 Å². The number of fused-ring (bicyclic) bond motifs is 1. The summed E-state index contributed by atoms with van der Waals surface area (Å²) in [5, 5.41) is 13.1. The largest absolute Gasteiger partial charge is 0.392 e. The Bertz CT molecular complexity index is 1970. The zero-order valence-electron chi connectivity index (χ0n) is 26.0. The van der Waals surface area contributed by atoms with Crippen LogP contribution in [0.2, 0.25) is 0 Å². The summed E-state index contributed by atoms with van der Waals surface area (Å²) in [7, 11) is 3.21. The standard InChI is InChI=1S/C33H34F2N6O5S/c1-20(42)17-40-30(43)28-25(18-39(2)16-14-22-7-4-5-15-36-22)29(21-10-12-23(13-11-21)37-32(44)38-46-3)47-31(28)41(33(40)45)19-24-26(34)8-6-9-27(24)35/h4-13,15,20,42H,14,16-19H2,1-3H3,(H2,37,38,44). The Morgan fingerprint density at radius 3 is 2.40 bits per heavy atom. The quantitative estimate of drug-likeness (QED) is 0.169. The molecule has 0 aliphatic rings. The molecule has 1 atom stereocenters. The monoisotopic (exact) mass is 664 g/mol. The van der Waals surface area contributed by atoms with Gasteiger partial charge in [-0.1, -0.05) is 24.3 Å². The first-order valence-corrected chi connectivity index (χ1v) is 15.6. The third-order valence-electron chi connectivity index (χ3n) is 7.48. The maximum Gasteiger partial charge on any atom is 0.343 e. The molecule has 0 spiro atoms. The minimum Gasteiger partial charge on any atom is -0.392 e. The number of amides is 2. The number of benzene rings is 2. The lowest BCUT2D eigenvalue weighted by atomic mass is 10.1. The minimum atomic E-state index is -1.05. The number of carbonyl (C=O) groups excluding carboxylic acids is 1. The highest BCUT2D eigenvalue weighted by Crippen LogP contribution is 2.38. The highest BCUT2D eigenvalue weighted by atomic mass is 32.1. The molecule has 2 aromatic carbocycles. The number of anilines is 1. The molecule has 3 N–H and O–H groups in total. The highest BCUT2D eigenvalue weighted by Gasteiger charge is 2.25. The molecule has 2 amide bonds. The number of nitrogens with zero attached hydrogens (tertiary/aromatic N) is 4. The number of hydroxylamine groups is 1. The number of urea groups is 1. The predicted octanol–water partition coefficient (Wildman–Crippen LogP) is 4.35. The fourth-order valence-corrected chi connectivity index (χ4v) is 6.56. The van der Waals surface area contributed by atoms with E-state index in [9.17, 15) is 28.3 Å². The number of rotatable bonds is 12. The van der Waals surface area contributed by atoms with E-state index in [4.69, 9.17) is 0 Å². The first kappa shape index (κ1) is 33.6. The van der Waals surface area contributed by atoms with Gasteiger partial charge in [-0.2, -0.15) is 0 Å². The van der Waals surface area contributed by atoms with Gasteiger partial charge in [0.15, 0.2) is 0 Å². The minimum absolute atomic E-state index is 0.216. The van der Waals surface area contributed by atoms with Crippen molar-refractivity contribution >= 4 is 33.3 Å². The van der Waals surface area contributed by atoms with Crippen LogP contribution in [-0.4, -0.2) is 57.0 Å². The van der Waals surface area contributed by atoms with E-state index in [1.807, 2.05) is 30.1 Å². The molecule has 0 saturated carbocycles. The maximum atomic E-state index is 14.9. The summed E-state index contributed by atoms with van der Waals surface area (Å²) in [5.74, 6) is -1.66. The number of hydrogen-bond acceptors (Lipinski definition) is 8. The fourth-order valence-electron chi connectivity index (χ4n) is 5.26. The van der Waals surface area contributed by atoms with Crippen LogP contribution in [0.5, 0.6) is 0 Å². The Balaban J connectivity index is 1.68. The first-order valence-electron chi connectivity index (χ1n) is 14.8. The van der Waals surface area contributed by atoms with E-state index in [1.54, 1.807) is 30.5 Å². The first-order chi connectivity index (χ1) is 22.6. The van der Waals surface area contributed by atoms with Crippen molar-refractivity contribution in [2.45, 2.75) is 39.1 Å². The summed E-state index contributed by atoms with van der Waals surface area (Å²) in [6.45, 7) is 1.55. The number of carbonyl (C=O) groups is 1. The number of hydrogen-bond donors (Lipinski definition) is 3. The average molecular weight is 665 g/mol. The van der Waals surface area contributed by atoms with Crippen molar-refractivity contribution in [1.29, 1.82) is 0 Å². The van der Waals surface area contributed by atoms with Gasteiger partial charge in [0.05, 0.1) is 31.7 Å². The van der Waals surface area contributed by atoms with Gasteiger partial charge in [0, 0.05) is 47.5 Å². The van der Waals surface area contributed by atoms with E-state index in [0.29, 0.717) is 34.7 Å². The SMILES string of the molecule is CONC(=O)Nc1ccc(-c2sc3c(c2CN(C)CCc2ccccn2)c(=O)n(CC(C)O)c(=O)n3Cc2c(F)cccc2F)cc1. The van der Waals surface area contributed by atoms with Gasteiger partial charge in [0.25, 0.3) is 5.56 Å². The predicted molar refractivity (Wildman–Crippen MR) is 176 cm³/mol. The number of aromatic nitrogens is 3. The third kappa shape index (κ3) is 7.63. The van der Waals surface area contributed by atoms with Gasteiger partial charge in [0.2, 0.25) is 0 Å². The van der Waals surface area contributed by atoms with Crippen LogP contribution >= 0.6 is 11.3 Å². The van der Waals surface area contributed by atoms with Gasteiger partial charge in [-0.15, -0.1) is 11.3 Å². The Kier molecular flexibility index (Phi) is 10.6. The number of aliphatic hydroxyl groups is 1. The van der Waals surface area contributed by atoms with Crippen LogP contribution in [0.1, 0.15) is 23.7 Å². The van der Waals surface area contributed by atoms with Crippen molar-refractivity contribution in [3.05, 3.63) is 116 Å². The van der Waals surface area contributed by atoms with Crippen molar-refractivity contribution in [1.82, 2.24) is 24.5 Å². The van der Waals surface area contributed by atoms with Crippen molar-refractivity contribution in [2.75, 3.05) is 26.0 Å². The number of nitrogens with one attached hydrogen (secondary N) is 2. The van der Waals surface area contributed by atoms with E-state index in [0.717, 1.165) is 33.7 Å². The second-order valence-corrected chi connectivity index (χ2v) is 12.1. The lowest BCUT2D eigenvalue weighted by Crippen LogP contribution is -2.42. The third-order valence-corrected chi connectivity index (χ3v) is 8.79. The molecule has 246 valence electrons. The lowest BCUT2D eigenvalue weighted by Gasteiger charge is -2.18. The van der Waals surface area contributed by atoms with Crippen LogP contribution in [0, 0.1) is 11.6 Å². The Morgan fingerprint density at radius 2 is 1.77 bits per heavy atom. The molecule has 0 fully saturated rings. The van der Waals surface area contributed by atoms with Gasteiger partial charge in [0.1, 0.15) is 16.5 Å². The topological polar surface area (TPSA) is 131 Å². The van der Waals surface area contributed by atoms with Gasteiger partial charge >= 0.3 is 11.7 Å². The summed E-state index contributed by atoms with van der Waals surface area (Å²) in [5.41, 5.74) is 3.12. The smallest absolute Gasteiger partial charge is 0.343 e. The lowest BCUT2D eigenvalue weighted by molar-refractivity contribution is 0.114. The normalized spacial score (nSPS) is 12.1. The average Bonchev–Trinajstić information content (AvgIpc) is 3.41. The molecule has 14 heteroatoms. The molecule has 5 rings (SSSR count). The molecule has 3 heterocycles. The second kappa shape index (κ2) is 14.8. The van der Waals surface area contributed by atoms with Crippen molar-refractivity contribution in [3.8, 4) is 10.4 Å². The Labute approximate surface area is 272 Å². The molecule has 0 aliphatic heterocycles. The second-order valence-electron chi connectivity index (χ2n) is 11.1. The maximum absolute atomic E-state index is 14.9. The molecule has 3 aromatic heterocycles. The molecule has 0 saturated heterocycles. The molecular weight excluding hydrogens is 630 g/mol. The number of likely N-dealkylation sites (N-methyl/N-ethyl adjacent to an activating group) is 1. The Hall–Kier alpha value is -4.76. The molecule has 47 heavy (non-hydrogen) atoms.